The molecule has 0 amide bonds. The van der Waals surface area contributed by atoms with Gasteiger partial charge in [-0.1, -0.05) is 6.92 Å². The summed E-state index contributed by atoms with van der Waals surface area (Å²) in [6.07, 6.45) is 2.87. The Bertz CT molecular complexity index is 93.7. The van der Waals surface area contributed by atoms with E-state index in [9.17, 15) is 0 Å². The Balaban J connectivity index is 2.29. The standard InChI is InChI=1S/C9H19NO/c1-8-7-10-5-3-4-6-11-9(8)2/h8-10H,3-7H2,1-2H3. The van der Waals surface area contributed by atoms with E-state index in [-0.39, 0.29) is 0 Å². The molecule has 1 rings (SSSR count). The van der Waals surface area contributed by atoms with E-state index in [0.717, 1.165) is 19.7 Å². The first-order chi connectivity index (χ1) is 5.30. The zero-order valence-corrected chi connectivity index (χ0v) is 7.60. The maximum atomic E-state index is 5.64. The van der Waals surface area contributed by atoms with E-state index in [1.54, 1.807) is 0 Å². The van der Waals surface area contributed by atoms with E-state index in [1.165, 1.54) is 12.8 Å². The van der Waals surface area contributed by atoms with Crippen LogP contribution >= 0.6 is 0 Å². The molecule has 0 aromatic carbocycles. The van der Waals surface area contributed by atoms with Gasteiger partial charge in [-0.25, -0.2) is 0 Å². The van der Waals surface area contributed by atoms with E-state index in [4.69, 9.17) is 4.74 Å². The first-order valence-corrected chi connectivity index (χ1v) is 4.63. The van der Waals surface area contributed by atoms with Gasteiger partial charge in [0.2, 0.25) is 0 Å². The number of ether oxygens (including phenoxy) is 1. The fourth-order valence-corrected chi connectivity index (χ4v) is 1.28. The highest BCUT2D eigenvalue weighted by atomic mass is 16.5. The Kier molecular flexibility index (Phi) is 3.87. The largest absolute Gasteiger partial charge is 0.378 e. The fraction of sp³-hybridized carbons (Fsp3) is 1.00. The number of nitrogens with one attached hydrogen (secondary N) is 1. The zero-order chi connectivity index (χ0) is 8.10. The van der Waals surface area contributed by atoms with Gasteiger partial charge in [-0.2, -0.15) is 0 Å². The molecule has 2 heteroatoms. The Morgan fingerprint density at radius 1 is 1.27 bits per heavy atom. The van der Waals surface area contributed by atoms with E-state index in [1.807, 2.05) is 0 Å². The third kappa shape index (κ3) is 3.21. The Morgan fingerprint density at radius 2 is 2.09 bits per heavy atom. The summed E-state index contributed by atoms with van der Waals surface area (Å²) < 4.78 is 5.64. The molecule has 1 heterocycles. The average molecular weight is 157 g/mol. The summed E-state index contributed by atoms with van der Waals surface area (Å²) in [5.74, 6) is 0.646. The third-order valence-corrected chi connectivity index (χ3v) is 2.40. The molecule has 0 bridgehead atoms. The molecule has 2 atom stereocenters. The van der Waals surface area contributed by atoms with Crippen LogP contribution in [0.3, 0.4) is 0 Å². The quantitative estimate of drug-likeness (QED) is 0.574. The molecule has 1 aliphatic rings. The minimum atomic E-state index is 0.417. The van der Waals surface area contributed by atoms with Crippen LogP contribution in [0.5, 0.6) is 0 Å². The van der Waals surface area contributed by atoms with Crippen molar-refractivity contribution in [3.05, 3.63) is 0 Å². The van der Waals surface area contributed by atoms with Crippen molar-refractivity contribution < 1.29 is 4.74 Å². The van der Waals surface area contributed by atoms with Crippen molar-refractivity contribution in [2.75, 3.05) is 19.7 Å². The van der Waals surface area contributed by atoms with Crippen LogP contribution < -0.4 is 5.32 Å². The lowest BCUT2D eigenvalue weighted by Gasteiger charge is -2.18. The van der Waals surface area contributed by atoms with Gasteiger partial charge in [0.15, 0.2) is 0 Å². The van der Waals surface area contributed by atoms with Gasteiger partial charge in [-0.05, 0) is 32.2 Å². The van der Waals surface area contributed by atoms with Gasteiger partial charge in [0, 0.05) is 13.2 Å². The summed E-state index contributed by atoms with van der Waals surface area (Å²) in [7, 11) is 0. The molecular formula is C9H19NO. The van der Waals surface area contributed by atoms with Crippen LogP contribution in [0, 0.1) is 5.92 Å². The van der Waals surface area contributed by atoms with Gasteiger partial charge in [0.25, 0.3) is 0 Å². The second-order valence-corrected chi connectivity index (χ2v) is 3.46. The molecule has 66 valence electrons. The second-order valence-electron chi connectivity index (χ2n) is 3.46. The van der Waals surface area contributed by atoms with E-state index >= 15 is 0 Å². The lowest BCUT2D eigenvalue weighted by Crippen LogP contribution is -2.28. The van der Waals surface area contributed by atoms with Crippen molar-refractivity contribution in [3.63, 3.8) is 0 Å². The van der Waals surface area contributed by atoms with Gasteiger partial charge < -0.3 is 10.1 Å². The monoisotopic (exact) mass is 157 g/mol. The third-order valence-electron chi connectivity index (χ3n) is 2.40. The molecule has 0 saturated carbocycles. The summed E-state index contributed by atoms with van der Waals surface area (Å²) in [5, 5.41) is 3.43. The van der Waals surface area contributed by atoms with Crippen LogP contribution in [0.2, 0.25) is 0 Å². The molecule has 1 N–H and O–H groups in total. The van der Waals surface area contributed by atoms with Crippen LogP contribution in [0.1, 0.15) is 26.7 Å². The summed E-state index contributed by atoms with van der Waals surface area (Å²) in [4.78, 5) is 0. The lowest BCUT2D eigenvalue weighted by molar-refractivity contribution is 0.0329. The van der Waals surface area contributed by atoms with Crippen molar-refractivity contribution in [3.8, 4) is 0 Å². The van der Waals surface area contributed by atoms with Crippen molar-refractivity contribution in [1.82, 2.24) is 5.32 Å². The van der Waals surface area contributed by atoms with Crippen LogP contribution in [-0.2, 0) is 4.74 Å². The van der Waals surface area contributed by atoms with Crippen LogP contribution in [0.15, 0.2) is 0 Å². The van der Waals surface area contributed by atoms with Crippen LogP contribution in [0.4, 0.5) is 0 Å². The van der Waals surface area contributed by atoms with Crippen molar-refractivity contribution in [2.45, 2.75) is 32.8 Å². The fourth-order valence-electron chi connectivity index (χ4n) is 1.28. The maximum absolute atomic E-state index is 5.64. The summed E-state index contributed by atoms with van der Waals surface area (Å²) in [5.41, 5.74) is 0. The van der Waals surface area contributed by atoms with Gasteiger partial charge in [-0.3, -0.25) is 0 Å². The van der Waals surface area contributed by atoms with Crippen molar-refractivity contribution in [2.24, 2.45) is 5.92 Å². The maximum Gasteiger partial charge on any atom is 0.0584 e. The molecule has 0 aromatic rings. The van der Waals surface area contributed by atoms with Crippen LogP contribution in [-0.4, -0.2) is 25.8 Å². The van der Waals surface area contributed by atoms with Crippen molar-refractivity contribution in [1.29, 1.82) is 0 Å². The first-order valence-electron chi connectivity index (χ1n) is 4.63. The predicted molar refractivity (Wildman–Crippen MR) is 46.7 cm³/mol. The highest BCUT2D eigenvalue weighted by molar-refractivity contribution is 4.65. The minimum Gasteiger partial charge on any atom is -0.378 e. The summed E-state index contributed by atoms with van der Waals surface area (Å²) in [6, 6.07) is 0. The highest BCUT2D eigenvalue weighted by Crippen LogP contribution is 2.08. The van der Waals surface area contributed by atoms with Crippen LogP contribution in [0.25, 0.3) is 0 Å². The van der Waals surface area contributed by atoms with Gasteiger partial charge in [-0.15, -0.1) is 0 Å². The topological polar surface area (TPSA) is 21.3 Å². The van der Waals surface area contributed by atoms with Crippen molar-refractivity contribution >= 4 is 0 Å². The molecular weight excluding hydrogens is 138 g/mol. The molecule has 1 aliphatic heterocycles. The van der Waals surface area contributed by atoms with E-state index < -0.39 is 0 Å². The predicted octanol–water partition coefficient (Wildman–Crippen LogP) is 1.41. The Morgan fingerprint density at radius 3 is 2.91 bits per heavy atom. The molecule has 0 aromatic heterocycles. The van der Waals surface area contributed by atoms with Gasteiger partial charge in [0.1, 0.15) is 0 Å². The molecule has 0 aliphatic carbocycles. The molecule has 0 spiro atoms. The summed E-state index contributed by atoms with van der Waals surface area (Å²) >= 11 is 0. The summed E-state index contributed by atoms with van der Waals surface area (Å²) in [6.45, 7) is 7.59. The molecule has 1 fully saturated rings. The number of rotatable bonds is 0. The Hall–Kier alpha value is -0.0800. The second kappa shape index (κ2) is 4.73. The molecule has 2 nitrogen and oxygen atoms in total. The molecule has 0 radical (unpaired) electrons. The highest BCUT2D eigenvalue weighted by Gasteiger charge is 2.12. The normalized spacial score (nSPS) is 35.5. The van der Waals surface area contributed by atoms with Gasteiger partial charge in [0.05, 0.1) is 6.10 Å². The molecule has 11 heavy (non-hydrogen) atoms. The molecule has 2 unspecified atom stereocenters. The number of hydrogen-bond donors (Lipinski definition) is 1. The Labute approximate surface area is 69.3 Å². The number of hydrogen-bond acceptors (Lipinski definition) is 2. The SMILES string of the molecule is CC1CNCCCCOC1C. The smallest absolute Gasteiger partial charge is 0.0584 e. The van der Waals surface area contributed by atoms with E-state index in [2.05, 4.69) is 19.2 Å². The lowest BCUT2D eigenvalue weighted by atomic mass is 10.1. The zero-order valence-electron chi connectivity index (χ0n) is 7.60. The first kappa shape index (κ1) is 9.01. The van der Waals surface area contributed by atoms with Gasteiger partial charge >= 0.3 is 0 Å². The molecule has 1 saturated heterocycles. The average Bonchev–Trinajstić information content (AvgIpc) is 2.07. The van der Waals surface area contributed by atoms with E-state index in [0.29, 0.717) is 12.0 Å². The minimum absolute atomic E-state index is 0.417.